The molecule has 1 saturated heterocycles. The second-order valence-corrected chi connectivity index (χ2v) is 10.9. The fourth-order valence-electron chi connectivity index (χ4n) is 2.92. The van der Waals surface area contributed by atoms with Crippen LogP contribution in [0.15, 0.2) is 25.3 Å². The van der Waals surface area contributed by atoms with Gasteiger partial charge in [-0.2, -0.15) is 0 Å². The summed E-state index contributed by atoms with van der Waals surface area (Å²) in [4.78, 5) is 0. The highest BCUT2D eigenvalue weighted by Gasteiger charge is 2.47. The fraction of sp³-hybridized carbons (Fsp3) is 0.692. The molecule has 80 valence electrons. The topological polar surface area (TPSA) is 0 Å². The van der Waals surface area contributed by atoms with Gasteiger partial charge in [-0.1, -0.05) is 51.1 Å². The van der Waals surface area contributed by atoms with Crippen LogP contribution in [0.4, 0.5) is 0 Å². The van der Waals surface area contributed by atoms with Gasteiger partial charge in [-0.3, -0.25) is 0 Å². The van der Waals surface area contributed by atoms with Crippen LogP contribution in [-0.4, -0.2) is 8.07 Å². The van der Waals surface area contributed by atoms with Crippen LogP contribution in [0, 0.1) is 5.92 Å². The highest BCUT2D eigenvalue weighted by molar-refractivity contribution is 6.80. The Morgan fingerprint density at radius 2 is 1.79 bits per heavy atom. The van der Waals surface area contributed by atoms with Crippen LogP contribution < -0.4 is 0 Å². The molecule has 1 heterocycles. The molecular formula is C13H24Si. The first-order valence-electron chi connectivity index (χ1n) is 5.73. The van der Waals surface area contributed by atoms with Gasteiger partial charge in [0.2, 0.25) is 0 Å². The molecule has 1 heteroatoms. The summed E-state index contributed by atoms with van der Waals surface area (Å²) in [6, 6.07) is 1.47. The maximum atomic E-state index is 3.97. The lowest BCUT2D eigenvalue weighted by Gasteiger charge is -2.50. The van der Waals surface area contributed by atoms with Gasteiger partial charge in [0.25, 0.3) is 0 Å². The molecular weight excluding hydrogens is 184 g/mol. The van der Waals surface area contributed by atoms with Crippen LogP contribution >= 0.6 is 0 Å². The lowest BCUT2D eigenvalue weighted by atomic mass is 9.88. The van der Waals surface area contributed by atoms with Crippen molar-refractivity contribution in [2.75, 3.05) is 0 Å². The van der Waals surface area contributed by atoms with E-state index in [2.05, 4.69) is 45.3 Å². The highest BCUT2D eigenvalue weighted by Crippen LogP contribution is 2.55. The molecule has 1 aliphatic rings. The Bertz CT molecular complexity index is 221. The predicted octanol–water partition coefficient (Wildman–Crippen LogP) is 4.63. The van der Waals surface area contributed by atoms with Crippen molar-refractivity contribution in [1.82, 2.24) is 0 Å². The summed E-state index contributed by atoms with van der Waals surface area (Å²) in [5.41, 5.74) is 0. The molecule has 1 unspecified atom stereocenters. The molecule has 1 rings (SSSR count). The molecule has 0 saturated carbocycles. The van der Waals surface area contributed by atoms with Crippen molar-refractivity contribution in [3.8, 4) is 0 Å². The molecule has 0 radical (unpaired) electrons. The van der Waals surface area contributed by atoms with Gasteiger partial charge in [0.1, 0.15) is 0 Å². The standard InChI is InChI=1S/C13H24Si/c1-6-12(7-2)13(3)10-8-9-11-14(13,4)5/h6-7,12H,1-2,8-11H2,3-5H3. The van der Waals surface area contributed by atoms with Crippen LogP contribution in [0.5, 0.6) is 0 Å². The Labute approximate surface area is 90.1 Å². The average molecular weight is 208 g/mol. The van der Waals surface area contributed by atoms with E-state index in [1.165, 1.54) is 25.3 Å². The number of hydrogen-bond donors (Lipinski definition) is 0. The van der Waals surface area contributed by atoms with Crippen LogP contribution in [-0.2, 0) is 0 Å². The third-order valence-corrected chi connectivity index (χ3v) is 9.82. The second-order valence-electron chi connectivity index (χ2n) is 5.51. The Morgan fingerprint density at radius 3 is 2.21 bits per heavy atom. The average Bonchev–Trinajstić information content (AvgIpc) is 2.12. The van der Waals surface area contributed by atoms with Crippen LogP contribution in [0.25, 0.3) is 0 Å². The normalized spacial score (nSPS) is 31.4. The molecule has 0 aliphatic carbocycles. The van der Waals surface area contributed by atoms with Gasteiger partial charge in [-0.05, 0) is 17.4 Å². The zero-order valence-electron chi connectivity index (χ0n) is 9.97. The van der Waals surface area contributed by atoms with Crippen molar-refractivity contribution >= 4 is 8.07 Å². The van der Waals surface area contributed by atoms with E-state index in [-0.39, 0.29) is 0 Å². The molecule has 0 N–H and O–H groups in total. The lowest BCUT2D eigenvalue weighted by molar-refractivity contribution is 0.420. The molecule has 0 aromatic carbocycles. The summed E-state index contributed by atoms with van der Waals surface area (Å²) in [5, 5.41) is 0.495. The van der Waals surface area contributed by atoms with E-state index in [4.69, 9.17) is 0 Å². The first kappa shape index (κ1) is 11.8. The zero-order valence-corrected chi connectivity index (χ0v) is 11.0. The molecule has 0 bridgehead atoms. The Morgan fingerprint density at radius 1 is 1.21 bits per heavy atom. The Kier molecular flexibility index (Phi) is 3.41. The molecule has 0 aromatic heterocycles. The minimum absolute atomic E-state index is 0.495. The van der Waals surface area contributed by atoms with Gasteiger partial charge in [-0.15, -0.1) is 13.2 Å². The van der Waals surface area contributed by atoms with Gasteiger partial charge >= 0.3 is 0 Å². The predicted molar refractivity (Wildman–Crippen MR) is 68.4 cm³/mol. The van der Waals surface area contributed by atoms with E-state index in [1.54, 1.807) is 0 Å². The Hall–Kier alpha value is -0.303. The van der Waals surface area contributed by atoms with E-state index in [1.807, 2.05) is 0 Å². The molecule has 1 fully saturated rings. The monoisotopic (exact) mass is 208 g/mol. The van der Waals surface area contributed by atoms with Crippen LogP contribution in [0.3, 0.4) is 0 Å². The van der Waals surface area contributed by atoms with Crippen LogP contribution in [0.1, 0.15) is 26.2 Å². The van der Waals surface area contributed by atoms with Gasteiger partial charge < -0.3 is 0 Å². The zero-order chi connectivity index (χ0) is 10.8. The smallest absolute Gasteiger partial charge is 0.0543 e. The summed E-state index contributed by atoms with van der Waals surface area (Å²) >= 11 is 0. The summed E-state index contributed by atoms with van der Waals surface area (Å²) < 4.78 is 0. The molecule has 0 nitrogen and oxygen atoms in total. The third-order valence-electron chi connectivity index (χ3n) is 4.54. The minimum atomic E-state index is -1.09. The van der Waals surface area contributed by atoms with Crippen molar-refractivity contribution in [2.24, 2.45) is 5.92 Å². The molecule has 0 aromatic rings. The number of rotatable bonds is 3. The molecule has 14 heavy (non-hydrogen) atoms. The first-order chi connectivity index (χ1) is 6.48. The highest BCUT2D eigenvalue weighted by atomic mass is 28.3. The maximum Gasteiger partial charge on any atom is 0.0543 e. The van der Waals surface area contributed by atoms with Gasteiger partial charge in [-0.25, -0.2) is 0 Å². The van der Waals surface area contributed by atoms with E-state index < -0.39 is 8.07 Å². The number of allylic oxidation sites excluding steroid dienone is 2. The van der Waals surface area contributed by atoms with Crippen molar-refractivity contribution < 1.29 is 0 Å². The quantitative estimate of drug-likeness (QED) is 0.469. The van der Waals surface area contributed by atoms with Gasteiger partial charge in [0.05, 0.1) is 8.07 Å². The SMILES string of the molecule is C=CC(C=C)C1(C)CCCC[Si]1(C)C. The van der Waals surface area contributed by atoms with Crippen LogP contribution in [0.2, 0.25) is 24.2 Å². The van der Waals surface area contributed by atoms with E-state index in [0.29, 0.717) is 11.0 Å². The van der Waals surface area contributed by atoms with Crippen molar-refractivity contribution in [2.45, 2.75) is 50.4 Å². The lowest BCUT2D eigenvalue weighted by Crippen LogP contribution is -2.46. The van der Waals surface area contributed by atoms with Crippen molar-refractivity contribution in [3.05, 3.63) is 25.3 Å². The minimum Gasteiger partial charge on any atom is -0.102 e. The van der Waals surface area contributed by atoms with Gasteiger partial charge in [0, 0.05) is 0 Å². The molecule has 0 spiro atoms. The van der Waals surface area contributed by atoms with Crippen molar-refractivity contribution in [3.63, 3.8) is 0 Å². The molecule has 1 atom stereocenters. The van der Waals surface area contributed by atoms with Crippen molar-refractivity contribution in [1.29, 1.82) is 0 Å². The summed E-state index contributed by atoms with van der Waals surface area (Å²) in [7, 11) is -1.09. The summed E-state index contributed by atoms with van der Waals surface area (Å²) in [6.07, 6.45) is 8.41. The fourth-order valence-corrected chi connectivity index (χ4v) is 6.61. The largest absolute Gasteiger partial charge is 0.102 e. The second kappa shape index (κ2) is 4.06. The molecule has 0 amide bonds. The van der Waals surface area contributed by atoms with E-state index >= 15 is 0 Å². The van der Waals surface area contributed by atoms with Gasteiger partial charge in [0.15, 0.2) is 0 Å². The number of hydrogen-bond acceptors (Lipinski definition) is 0. The van der Waals surface area contributed by atoms with E-state index in [0.717, 1.165) is 0 Å². The first-order valence-corrected chi connectivity index (χ1v) is 8.94. The summed E-state index contributed by atoms with van der Waals surface area (Å²) in [5.74, 6) is 0.518. The molecule has 1 aliphatic heterocycles. The third kappa shape index (κ3) is 1.74. The Balaban J connectivity index is 2.98. The van der Waals surface area contributed by atoms with E-state index in [9.17, 15) is 0 Å². The maximum absolute atomic E-state index is 3.97. The summed E-state index contributed by atoms with van der Waals surface area (Å²) in [6.45, 7) is 15.5.